The molecule has 1 rings (SSSR count). The normalized spacial score (nSPS) is 25.5. The van der Waals surface area contributed by atoms with Gasteiger partial charge in [0.2, 0.25) is 0 Å². The van der Waals surface area contributed by atoms with E-state index in [-0.39, 0.29) is 12.6 Å². The molecule has 3 heteroatoms. The lowest BCUT2D eigenvalue weighted by molar-refractivity contribution is -0.137. The van der Waals surface area contributed by atoms with Crippen molar-refractivity contribution in [1.29, 1.82) is 0 Å². The summed E-state index contributed by atoms with van der Waals surface area (Å²) in [4.78, 5) is 10.7. The number of aliphatic hydroxyl groups is 1. The predicted octanol–water partition coefficient (Wildman–Crippen LogP) is 0.958. The molecule has 1 aliphatic heterocycles. The molecule has 0 aromatic carbocycles. The van der Waals surface area contributed by atoms with Crippen molar-refractivity contribution in [3.05, 3.63) is 0 Å². The molecule has 3 nitrogen and oxygen atoms in total. The van der Waals surface area contributed by atoms with E-state index < -0.39 is 0 Å². The summed E-state index contributed by atoms with van der Waals surface area (Å²) in [6.07, 6.45) is 2.43. The quantitative estimate of drug-likeness (QED) is 0.642. The molecule has 1 N–H and O–H groups in total. The Balaban J connectivity index is 2.26. The van der Waals surface area contributed by atoms with E-state index in [9.17, 15) is 4.79 Å². The fourth-order valence-electron chi connectivity index (χ4n) is 1.56. The molecule has 2 atom stereocenters. The minimum Gasteiger partial charge on any atom is -0.465 e. The number of cyclic esters (lactones) is 1. The van der Waals surface area contributed by atoms with Crippen molar-refractivity contribution in [1.82, 2.24) is 0 Å². The maximum Gasteiger partial charge on any atom is 0.306 e. The minimum atomic E-state index is -0.0900. The molecule has 70 valence electrons. The van der Waals surface area contributed by atoms with Gasteiger partial charge in [-0.1, -0.05) is 13.3 Å². The van der Waals surface area contributed by atoms with Crippen LogP contribution in [0.4, 0.5) is 0 Å². The number of hydrogen-bond acceptors (Lipinski definition) is 3. The monoisotopic (exact) mass is 172 g/mol. The highest BCUT2D eigenvalue weighted by Crippen LogP contribution is 2.23. The summed E-state index contributed by atoms with van der Waals surface area (Å²) in [5.41, 5.74) is 0. The number of ether oxygens (including phenoxy) is 1. The number of rotatable bonds is 4. The van der Waals surface area contributed by atoms with Gasteiger partial charge in [-0.2, -0.15) is 0 Å². The summed E-state index contributed by atoms with van der Waals surface area (Å²) >= 11 is 0. The lowest BCUT2D eigenvalue weighted by Gasteiger charge is -2.13. The zero-order valence-corrected chi connectivity index (χ0v) is 7.45. The van der Waals surface area contributed by atoms with Gasteiger partial charge in [-0.15, -0.1) is 0 Å². The van der Waals surface area contributed by atoms with E-state index in [1.807, 2.05) is 0 Å². The van der Waals surface area contributed by atoms with E-state index in [1.165, 1.54) is 0 Å². The first kappa shape index (κ1) is 9.52. The zero-order valence-electron chi connectivity index (χ0n) is 7.45. The summed E-state index contributed by atoms with van der Waals surface area (Å²) in [7, 11) is 0. The van der Waals surface area contributed by atoms with Crippen LogP contribution >= 0.6 is 0 Å². The van der Waals surface area contributed by atoms with Crippen LogP contribution < -0.4 is 0 Å². The maximum absolute atomic E-state index is 10.7. The first-order valence-electron chi connectivity index (χ1n) is 4.52. The molecule has 0 unspecified atom stereocenters. The molecule has 0 radical (unpaired) electrons. The number of esters is 1. The Morgan fingerprint density at radius 3 is 2.92 bits per heavy atom. The predicted molar refractivity (Wildman–Crippen MR) is 44.5 cm³/mol. The van der Waals surface area contributed by atoms with Gasteiger partial charge in [0, 0.05) is 12.5 Å². The van der Waals surface area contributed by atoms with Gasteiger partial charge in [-0.05, 0) is 12.3 Å². The molecule has 1 fully saturated rings. The first-order valence-corrected chi connectivity index (χ1v) is 4.52. The first-order chi connectivity index (χ1) is 5.76. The molecule has 1 saturated heterocycles. The highest BCUT2D eigenvalue weighted by Gasteiger charge is 2.25. The fraction of sp³-hybridized carbons (Fsp3) is 0.889. The molecular formula is C9H16O3. The van der Waals surface area contributed by atoms with Gasteiger partial charge >= 0.3 is 5.97 Å². The fourth-order valence-corrected chi connectivity index (χ4v) is 1.56. The highest BCUT2D eigenvalue weighted by molar-refractivity contribution is 5.71. The number of carbonyl (C=O) groups is 1. The summed E-state index contributed by atoms with van der Waals surface area (Å²) in [5, 5.41) is 8.93. The molecule has 0 aromatic heterocycles. The molecule has 1 aliphatic rings. The van der Waals surface area contributed by atoms with Gasteiger partial charge < -0.3 is 9.84 Å². The molecule has 12 heavy (non-hydrogen) atoms. The second-order valence-electron chi connectivity index (χ2n) is 3.45. The van der Waals surface area contributed by atoms with Crippen molar-refractivity contribution >= 4 is 5.97 Å². The highest BCUT2D eigenvalue weighted by atomic mass is 16.5. The standard InChI is InChI=1S/C9H16O3/c1-2-7(5-10)3-8-4-9(11)12-6-8/h7-8,10H,2-6H2,1H3/t7-,8-/m1/s1. The Morgan fingerprint density at radius 2 is 2.50 bits per heavy atom. The molecule has 0 aliphatic carbocycles. The van der Waals surface area contributed by atoms with E-state index in [0.717, 1.165) is 12.8 Å². The zero-order chi connectivity index (χ0) is 8.97. The molecule has 0 spiro atoms. The van der Waals surface area contributed by atoms with Gasteiger partial charge in [0.15, 0.2) is 0 Å². The van der Waals surface area contributed by atoms with Crippen LogP contribution in [-0.4, -0.2) is 24.3 Å². The summed E-state index contributed by atoms with van der Waals surface area (Å²) in [6, 6.07) is 0. The third kappa shape index (κ3) is 2.48. The number of aliphatic hydroxyl groups excluding tert-OH is 1. The van der Waals surface area contributed by atoms with Gasteiger partial charge in [-0.3, -0.25) is 4.79 Å². The minimum absolute atomic E-state index is 0.0900. The van der Waals surface area contributed by atoms with E-state index in [0.29, 0.717) is 24.9 Å². The molecule has 0 saturated carbocycles. The Hall–Kier alpha value is -0.570. The SMILES string of the molecule is CC[C@@H](CO)C[C@H]1COC(=O)C1. The van der Waals surface area contributed by atoms with Crippen LogP contribution in [0.2, 0.25) is 0 Å². The third-order valence-corrected chi connectivity index (χ3v) is 2.44. The smallest absolute Gasteiger partial charge is 0.306 e. The summed E-state index contributed by atoms with van der Waals surface area (Å²) < 4.78 is 4.83. The van der Waals surface area contributed by atoms with Crippen LogP contribution in [0.5, 0.6) is 0 Å². The molecular weight excluding hydrogens is 156 g/mol. The topological polar surface area (TPSA) is 46.5 Å². The Bertz CT molecular complexity index is 152. The van der Waals surface area contributed by atoms with Crippen molar-refractivity contribution in [2.45, 2.75) is 26.2 Å². The average Bonchev–Trinajstić information content (AvgIpc) is 2.47. The van der Waals surface area contributed by atoms with Crippen molar-refractivity contribution in [3.8, 4) is 0 Å². The Morgan fingerprint density at radius 1 is 1.75 bits per heavy atom. The molecule has 0 amide bonds. The number of hydrogen-bond donors (Lipinski definition) is 1. The molecule has 0 bridgehead atoms. The van der Waals surface area contributed by atoms with Gasteiger partial charge in [0.25, 0.3) is 0 Å². The van der Waals surface area contributed by atoms with Gasteiger partial charge in [0.1, 0.15) is 0 Å². The van der Waals surface area contributed by atoms with E-state index >= 15 is 0 Å². The number of carbonyl (C=O) groups excluding carboxylic acids is 1. The Kier molecular flexibility index (Phi) is 3.53. The molecule has 1 heterocycles. The Labute approximate surface area is 72.7 Å². The maximum atomic E-state index is 10.7. The second-order valence-corrected chi connectivity index (χ2v) is 3.45. The third-order valence-electron chi connectivity index (χ3n) is 2.44. The lowest BCUT2D eigenvalue weighted by atomic mass is 9.93. The summed E-state index contributed by atoms with van der Waals surface area (Å²) in [6.45, 7) is 2.83. The van der Waals surface area contributed by atoms with Crippen LogP contribution in [0.3, 0.4) is 0 Å². The van der Waals surface area contributed by atoms with Crippen LogP contribution in [0.25, 0.3) is 0 Å². The van der Waals surface area contributed by atoms with Crippen molar-refractivity contribution in [2.75, 3.05) is 13.2 Å². The van der Waals surface area contributed by atoms with E-state index in [2.05, 4.69) is 6.92 Å². The van der Waals surface area contributed by atoms with E-state index in [1.54, 1.807) is 0 Å². The van der Waals surface area contributed by atoms with Gasteiger partial charge in [-0.25, -0.2) is 0 Å². The summed E-state index contributed by atoms with van der Waals surface area (Å²) in [5.74, 6) is 0.590. The van der Waals surface area contributed by atoms with Crippen LogP contribution in [-0.2, 0) is 9.53 Å². The molecule has 0 aromatic rings. The lowest BCUT2D eigenvalue weighted by Crippen LogP contribution is -2.11. The van der Waals surface area contributed by atoms with Crippen molar-refractivity contribution in [3.63, 3.8) is 0 Å². The van der Waals surface area contributed by atoms with Crippen molar-refractivity contribution in [2.24, 2.45) is 11.8 Å². The second kappa shape index (κ2) is 4.45. The van der Waals surface area contributed by atoms with Crippen LogP contribution in [0.15, 0.2) is 0 Å². The van der Waals surface area contributed by atoms with E-state index in [4.69, 9.17) is 9.84 Å². The average molecular weight is 172 g/mol. The van der Waals surface area contributed by atoms with Crippen LogP contribution in [0, 0.1) is 11.8 Å². The van der Waals surface area contributed by atoms with Crippen molar-refractivity contribution < 1.29 is 14.6 Å². The van der Waals surface area contributed by atoms with Crippen LogP contribution in [0.1, 0.15) is 26.2 Å². The largest absolute Gasteiger partial charge is 0.465 e. The van der Waals surface area contributed by atoms with Gasteiger partial charge in [0.05, 0.1) is 13.0 Å².